The molecular formula is C19H23N5O3S. The molecule has 1 saturated heterocycles. The number of nitrogens with zero attached hydrogens (tertiary/aromatic N) is 3. The van der Waals surface area contributed by atoms with Gasteiger partial charge in [0.1, 0.15) is 17.8 Å². The van der Waals surface area contributed by atoms with E-state index in [0.717, 1.165) is 48.0 Å². The van der Waals surface area contributed by atoms with Crippen LogP contribution in [0.3, 0.4) is 0 Å². The third-order valence-corrected chi connectivity index (χ3v) is 7.21. The lowest BCUT2D eigenvalue weighted by molar-refractivity contribution is 0.0530. The van der Waals surface area contributed by atoms with Crippen molar-refractivity contribution < 1.29 is 13.2 Å². The predicted molar refractivity (Wildman–Crippen MR) is 107 cm³/mol. The van der Waals surface area contributed by atoms with Crippen molar-refractivity contribution in [3.05, 3.63) is 24.5 Å². The molecule has 0 bridgehead atoms. The number of aromatic amines is 1. The molecule has 1 unspecified atom stereocenters. The molecule has 2 N–H and O–H groups in total. The maximum atomic E-state index is 12.7. The van der Waals surface area contributed by atoms with E-state index in [2.05, 4.69) is 24.6 Å². The van der Waals surface area contributed by atoms with Gasteiger partial charge >= 0.3 is 0 Å². The summed E-state index contributed by atoms with van der Waals surface area (Å²) in [5.74, 6) is 0.852. The molecular weight excluding hydrogens is 378 g/mol. The number of rotatable bonds is 4. The molecule has 0 spiro atoms. The number of nitrogens with one attached hydrogen (secondary N) is 2. The SMILES string of the molecule is CC1CN(c2ncnc3[nH]c4cc(S(=O)(=O)NC5(C)CC5)ccc4c23)CCO1. The molecule has 9 heteroatoms. The van der Waals surface area contributed by atoms with Crippen LogP contribution in [0.1, 0.15) is 26.7 Å². The van der Waals surface area contributed by atoms with Crippen LogP contribution in [0.2, 0.25) is 0 Å². The Morgan fingerprint density at radius 3 is 2.89 bits per heavy atom. The normalized spacial score (nSPS) is 22.1. The first-order chi connectivity index (χ1) is 13.3. The first-order valence-electron chi connectivity index (χ1n) is 9.52. The first kappa shape index (κ1) is 17.8. The number of fused-ring (bicyclic) bond motifs is 3. The van der Waals surface area contributed by atoms with Gasteiger partial charge in [0.05, 0.1) is 23.0 Å². The number of H-pyrrole nitrogens is 1. The fourth-order valence-corrected chi connectivity index (χ4v) is 5.27. The summed E-state index contributed by atoms with van der Waals surface area (Å²) >= 11 is 0. The third kappa shape index (κ3) is 3.03. The van der Waals surface area contributed by atoms with Gasteiger partial charge in [0.25, 0.3) is 0 Å². The maximum Gasteiger partial charge on any atom is 0.241 e. The van der Waals surface area contributed by atoms with Crippen molar-refractivity contribution in [3.63, 3.8) is 0 Å². The Kier molecular flexibility index (Phi) is 3.91. The zero-order valence-corrected chi connectivity index (χ0v) is 16.7. The fourth-order valence-electron chi connectivity index (χ4n) is 3.78. The van der Waals surface area contributed by atoms with Crippen LogP contribution in [0.4, 0.5) is 5.82 Å². The lowest BCUT2D eigenvalue weighted by Crippen LogP contribution is -2.41. The van der Waals surface area contributed by atoms with Gasteiger partial charge in [0, 0.05) is 29.5 Å². The van der Waals surface area contributed by atoms with Gasteiger partial charge in [-0.25, -0.2) is 23.1 Å². The molecule has 0 amide bonds. The van der Waals surface area contributed by atoms with Gasteiger partial charge < -0.3 is 14.6 Å². The summed E-state index contributed by atoms with van der Waals surface area (Å²) in [4.78, 5) is 14.6. The summed E-state index contributed by atoms with van der Waals surface area (Å²) in [6.45, 7) is 6.15. The Bertz CT molecular complexity index is 1170. The van der Waals surface area contributed by atoms with E-state index in [9.17, 15) is 8.42 Å². The van der Waals surface area contributed by atoms with Crippen LogP contribution in [0.25, 0.3) is 21.9 Å². The Morgan fingerprint density at radius 1 is 1.32 bits per heavy atom. The van der Waals surface area contributed by atoms with Gasteiger partial charge in [-0.15, -0.1) is 0 Å². The zero-order chi connectivity index (χ0) is 19.5. The Balaban J connectivity index is 1.60. The van der Waals surface area contributed by atoms with Gasteiger partial charge in [-0.05, 0) is 38.8 Å². The molecule has 1 atom stereocenters. The number of anilines is 1. The molecule has 5 rings (SSSR count). The number of aromatic nitrogens is 3. The average molecular weight is 401 g/mol. The minimum atomic E-state index is -3.56. The average Bonchev–Trinajstić information content (AvgIpc) is 3.25. The summed E-state index contributed by atoms with van der Waals surface area (Å²) < 4.78 is 33.9. The van der Waals surface area contributed by atoms with E-state index in [1.807, 2.05) is 19.9 Å². The number of morpholine rings is 1. The van der Waals surface area contributed by atoms with E-state index in [0.29, 0.717) is 12.3 Å². The van der Waals surface area contributed by atoms with Gasteiger partial charge in [-0.1, -0.05) is 6.07 Å². The van der Waals surface area contributed by atoms with E-state index in [-0.39, 0.29) is 16.5 Å². The molecule has 2 fully saturated rings. The van der Waals surface area contributed by atoms with Crippen LogP contribution >= 0.6 is 0 Å². The number of hydrogen-bond acceptors (Lipinski definition) is 6. The molecule has 1 aliphatic heterocycles. The zero-order valence-electron chi connectivity index (χ0n) is 15.9. The molecule has 148 valence electrons. The summed E-state index contributed by atoms with van der Waals surface area (Å²) in [5, 5.41) is 1.83. The highest BCUT2D eigenvalue weighted by Crippen LogP contribution is 2.37. The van der Waals surface area contributed by atoms with Crippen LogP contribution in [0, 0.1) is 0 Å². The van der Waals surface area contributed by atoms with E-state index in [1.54, 1.807) is 18.5 Å². The van der Waals surface area contributed by atoms with Gasteiger partial charge in [-0.2, -0.15) is 0 Å². The van der Waals surface area contributed by atoms with E-state index >= 15 is 0 Å². The van der Waals surface area contributed by atoms with Crippen molar-refractivity contribution in [1.82, 2.24) is 19.7 Å². The molecule has 1 aromatic carbocycles. The summed E-state index contributed by atoms with van der Waals surface area (Å²) in [6.07, 6.45) is 3.42. The molecule has 2 aromatic heterocycles. The van der Waals surface area contributed by atoms with Crippen molar-refractivity contribution in [2.24, 2.45) is 0 Å². The van der Waals surface area contributed by atoms with Crippen molar-refractivity contribution in [3.8, 4) is 0 Å². The third-order valence-electron chi connectivity index (χ3n) is 5.57. The Morgan fingerprint density at radius 2 is 2.14 bits per heavy atom. The molecule has 1 saturated carbocycles. The fraction of sp³-hybridized carbons (Fsp3) is 0.474. The smallest absolute Gasteiger partial charge is 0.241 e. The van der Waals surface area contributed by atoms with Gasteiger partial charge in [-0.3, -0.25) is 0 Å². The van der Waals surface area contributed by atoms with Crippen molar-refractivity contribution >= 4 is 37.8 Å². The lowest BCUT2D eigenvalue weighted by atomic mass is 10.2. The molecule has 2 aliphatic rings. The number of hydrogen-bond donors (Lipinski definition) is 2. The number of ether oxygens (including phenoxy) is 1. The summed E-state index contributed by atoms with van der Waals surface area (Å²) in [6, 6.07) is 5.17. The molecule has 3 heterocycles. The van der Waals surface area contributed by atoms with Crippen LogP contribution in [0.15, 0.2) is 29.4 Å². The van der Waals surface area contributed by atoms with Crippen molar-refractivity contribution in [2.45, 2.75) is 43.2 Å². The molecule has 0 radical (unpaired) electrons. The van der Waals surface area contributed by atoms with E-state index < -0.39 is 10.0 Å². The highest BCUT2D eigenvalue weighted by molar-refractivity contribution is 7.89. The van der Waals surface area contributed by atoms with Crippen LogP contribution in [-0.2, 0) is 14.8 Å². The van der Waals surface area contributed by atoms with E-state index in [1.165, 1.54) is 0 Å². The lowest BCUT2D eigenvalue weighted by Gasteiger charge is -2.32. The highest BCUT2D eigenvalue weighted by atomic mass is 32.2. The van der Waals surface area contributed by atoms with Crippen molar-refractivity contribution in [1.29, 1.82) is 0 Å². The van der Waals surface area contributed by atoms with Gasteiger partial charge in [0.2, 0.25) is 10.0 Å². The highest BCUT2D eigenvalue weighted by Gasteiger charge is 2.41. The molecule has 8 nitrogen and oxygen atoms in total. The standard InChI is InChI=1S/C19H23N5O3S/c1-12-10-24(7-8-27-12)18-16-14-4-3-13(28(25,26)23-19(2)5-6-19)9-15(14)22-17(16)20-11-21-18/h3-4,9,11-12,23H,5-8,10H2,1-2H3,(H,20,21,22). The largest absolute Gasteiger partial charge is 0.375 e. The minimum Gasteiger partial charge on any atom is -0.375 e. The second kappa shape index (κ2) is 6.13. The van der Waals surface area contributed by atoms with Crippen LogP contribution < -0.4 is 9.62 Å². The summed E-state index contributed by atoms with van der Waals surface area (Å²) in [5.41, 5.74) is 1.14. The monoisotopic (exact) mass is 401 g/mol. The first-order valence-corrected chi connectivity index (χ1v) is 11.0. The second-order valence-corrected chi connectivity index (χ2v) is 9.73. The number of sulfonamides is 1. The van der Waals surface area contributed by atoms with Crippen molar-refractivity contribution in [2.75, 3.05) is 24.6 Å². The van der Waals surface area contributed by atoms with Crippen LogP contribution in [0.5, 0.6) is 0 Å². The van der Waals surface area contributed by atoms with Crippen LogP contribution in [-0.4, -0.2) is 54.7 Å². The minimum absolute atomic E-state index is 0.135. The molecule has 1 aliphatic carbocycles. The summed E-state index contributed by atoms with van der Waals surface area (Å²) in [7, 11) is -3.56. The topological polar surface area (TPSA) is 100 Å². The van der Waals surface area contributed by atoms with Gasteiger partial charge in [0.15, 0.2) is 0 Å². The maximum absolute atomic E-state index is 12.7. The van der Waals surface area contributed by atoms with E-state index in [4.69, 9.17) is 4.74 Å². The second-order valence-electron chi connectivity index (χ2n) is 8.05. The Labute approximate surface area is 163 Å². The quantitative estimate of drug-likeness (QED) is 0.695. The molecule has 28 heavy (non-hydrogen) atoms. The molecule has 3 aromatic rings. The Hall–Kier alpha value is -2.23. The number of benzene rings is 1. The predicted octanol–water partition coefficient (Wildman–Crippen LogP) is 2.17.